The number of rotatable bonds is 8. The third-order valence-electron chi connectivity index (χ3n) is 3.53. The summed E-state index contributed by atoms with van der Waals surface area (Å²) in [5.74, 6) is 1.44. The maximum atomic E-state index is 11.8. The molecule has 0 heterocycles. The predicted octanol–water partition coefficient (Wildman–Crippen LogP) is 2.80. The maximum absolute atomic E-state index is 11.8. The average Bonchev–Trinajstić information content (AvgIpc) is 2.66. The molecule has 25 heavy (non-hydrogen) atoms. The van der Waals surface area contributed by atoms with E-state index in [9.17, 15) is 4.79 Å². The smallest absolute Gasteiger partial charge is 0.277 e. The molecule has 0 unspecified atom stereocenters. The number of benzene rings is 2. The summed E-state index contributed by atoms with van der Waals surface area (Å²) in [4.78, 5) is 11.8. The van der Waals surface area contributed by atoms with Crippen LogP contribution in [0.5, 0.6) is 17.2 Å². The first-order valence-electron chi connectivity index (χ1n) is 7.92. The Kier molecular flexibility index (Phi) is 6.83. The number of ether oxygens (including phenoxy) is 3. The van der Waals surface area contributed by atoms with Gasteiger partial charge in [-0.05, 0) is 36.2 Å². The van der Waals surface area contributed by atoms with E-state index in [1.54, 1.807) is 20.3 Å². The van der Waals surface area contributed by atoms with Crippen LogP contribution in [-0.2, 0) is 11.2 Å². The van der Waals surface area contributed by atoms with Gasteiger partial charge < -0.3 is 14.2 Å². The van der Waals surface area contributed by atoms with Crippen LogP contribution in [0.15, 0.2) is 47.6 Å². The summed E-state index contributed by atoms with van der Waals surface area (Å²) in [6, 6.07) is 13.0. The van der Waals surface area contributed by atoms with Gasteiger partial charge in [0, 0.05) is 5.56 Å². The van der Waals surface area contributed by atoms with Crippen molar-refractivity contribution in [1.29, 1.82) is 0 Å². The number of hydrazone groups is 1. The van der Waals surface area contributed by atoms with Crippen LogP contribution in [0.4, 0.5) is 0 Å². The number of para-hydroxylation sites is 1. The second-order valence-corrected chi connectivity index (χ2v) is 5.16. The number of carbonyl (C=O) groups excluding carboxylic acids is 1. The number of nitrogens with one attached hydrogen (secondary N) is 1. The van der Waals surface area contributed by atoms with Gasteiger partial charge >= 0.3 is 0 Å². The largest absolute Gasteiger partial charge is 0.493 e. The molecular weight excluding hydrogens is 320 g/mol. The zero-order valence-corrected chi connectivity index (χ0v) is 14.6. The first kappa shape index (κ1) is 18.3. The van der Waals surface area contributed by atoms with Crippen molar-refractivity contribution in [2.75, 3.05) is 20.8 Å². The molecule has 0 saturated heterocycles. The quantitative estimate of drug-likeness (QED) is 0.592. The molecule has 0 aliphatic rings. The molecule has 1 amide bonds. The van der Waals surface area contributed by atoms with Gasteiger partial charge in [0.1, 0.15) is 5.75 Å². The Hall–Kier alpha value is -3.02. The number of nitrogens with zero attached hydrogens (tertiary/aromatic N) is 1. The molecule has 2 rings (SSSR count). The monoisotopic (exact) mass is 342 g/mol. The van der Waals surface area contributed by atoms with Gasteiger partial charge in [0.2, 0.25) is 0 Å². The molecular formula is C19H22N2O4. The summed E-state index contributed by atoms with van der Waals surface area (Å²) in [7, 11) is 3.11. The van der Waals surface area contributed by atoms with Crippen molar-refractivity contribution >= 4 is 12.1 Å². The molecule has 0 aliphatic carbocycles. The summed E-state index contributed by atoms with van der Waals surface area (Å²) in [5.41, 5.74) is 4.33. The number of aryl methyl sites for hydroxylation is 1. The van der Waals surface area contributed by atoms with Crippen molar-refractivity contribution in [1.82, 2.24) is 5.43 Å². The Morgan fingerprint density at radius 1 is 1.12 bits per heavy atom. The van der Waals surface area contributed by atoms with Gasteiger partial charge in [0.05, 0.1) is 20.4 Å². The second kappa shape index (κ2) is 9.32. The average molecular weight is 342 g/mol. The Balaban J connectivity index is 1.88. The molecule has 2 aromatic carbocycles. The van der Waals surface area contributed by atoms with Crippen LogP contribution < -0.4 is 19.6 Å². The lowest BCUT2D eigenvalue weighted by atomic mass is 10.2. The molecule has 0 saturated carbocycles. The van der Waals surface area contributed by atoms with Gasteiger partial charge in [-0.2, -0.15) is 5.10 Å². The summed E-state index contributed by atoms with van der Waals surface area (Å²) in [6.45, 7) is 1.97. The minimum absolute atomic E-state index is 0.113. The summed E-state index contributed by atoms with van der Waals surface area (Å²) >= 11 is 0. The maximum Gasteiger partial charge on any atom is 0.277 e. The molecule has 0 fully saturated rings. The van der Waals surface area contributed by atoms with Gasteiger partial charge in [-0.3, -0.25) is 4.79 Å². The van der Waals surface area contributed by atoms with Gasteiger partial charge in [0.15, 0.2) is 18.1 Å². The number of carbonyl (C=O) groups is 1. The fourth-order valence-corrected chi connectivity index (χ4v) is 2.19. The number of hydrogen-bond donors (Lipinski definition) is 1. The first-order chi connectivity index (χ1) is 12.2. The number of amides is 1. The minimum Gasteiger partial charge on any atom is -0.493 e. The van der Waals surface area contributed by atoms with Crippen LogP contribution in [0.3, 0.4) is 0 Å². The molecule has 2 aromatic rings. The highest BCUT2D eigenvalue weighted by atomic mass is 16.5. The van der Waals surface area contributed by atoms with E-state index in [-0.39, 0.29) is 12.5 Å². The Morgan fingerprint density at radius 3 is 2.52 bits per heavy atom. The van der Waals surface area contributed by atoms with E-state index in [2.05, 4.69) is 17.5 Å². The van der Waals surface area contributed by atoms with Crippen molar-refractivity contribution in [2.45, 2.75) is 13.3 Å². The van der Waals surface area contributed by atoms with Gasteiger partial charge in [-0.1, -0.05) is 25.1 Å². The summed E-state index contributed by atoms with van der Waals surface area (Å²) < 4.78 is 15.9. The highest BCUT2D eigenvalue weighted by molar-refractivity contribution is 5.86. The van der Waals surface area contributed by atoms with Crippen molar-refractivity contribution in [3.63, 3.8) is 0 Å². The third-order valence-corrected chi connectivity index (χ3v) is 3.53. The zero-order valence-electron chi connectivity index (χ0n) is 14.6. The van der Waals surface area contributed by atoms with Crippen molar-refractivity contribution < 1.29 is 19.0 Å². The van der Waals surface area contributed by atoms with E-state index in [4.69, 9.17) is 14.2 Å². The molecule has 0 aromatic heterocycles. The van der Waals surface area contributed by atoms with Gasteiger partial charge in [-0.25, -0.2) is 5.43 Å². The van der Waals surface area contributed by atoms with Crippen LogP contribution >= 0.6 is 0 Å². The number of hydrogen-bond acceptors (Lipinski definition) is 5. The summed E-state index contributed by atoms with van der Waals surface area (Å²) in [6.07, 6.45) is 2.46. The predicted molar refractivity (Wildman–Crippen MR) is 96.6 cm³/mol. The molecule has 0 aliphatic heterocycles. The molecule has 132 valence electrons. The Bertz CT molecular complexity index is 727. The fraction of sp³-hybridized carbons (Fsp3) is 0.263. The molecule has 0 atom stereocenters. The highest BCUT2D eigenvalue weighted by Gasteiger charge is 2.07. The van der Waals surface area contributed by atoms with E-state index < -0.39 is 0 Å². The minimum atomic E-state index is -0.349. The molecule has 0 radical (unpaired) electrons. The normalized spacial score (nSPS) is 10.5. The first-order valence-corrected chi connectivity index (χ1v) is 7.92. The molecule has 0 spiro atoms. The van der Waals surface area contributed by atoms with E-state index in [1.807, 2.05) is 36.4 Å². The van der Waals surface area contributed by atoms with Crippen molar-refractivity contribution in [2.24, 2.45) is 5.10 Å². The van der Waals surface area contributed by atoms with Crippen LogP contribution in [0.25, 0.3) is 0 Å². The van der Waals surface area contributed by atoms with E-state index >= 15 is 0 Å². The highest BCUT2D eigenvalue weighted by Crippen LogP contribution is 2.29. The molecule has 6 heteroatoms. The van der Waals surface area contributed by atoms with E-state index in [0.29, 0.717) is 22.8 Å². The van der Waals surface area contributed by atoms with Crippen molar-refractivity contribution in [3.8, 4) is 17.2 Å². The third kappa shape index (κ3) is 5.24. The van der Waals surface area contributed by atoms with Crippen LogP contribution in [0, 0.1) is 0 Å². The topological polar surface area (TPSA) is 69.2 Å². The lowest BCUT2D eigenvalue weighted by Crippen LogP contribution is -2.24. The molecule has 6 nitrogen and oxygen atoms in total. The summed E-state index contributed by atoms with van der Waals surface area (Å²) in [5, 5.41) is 3.93. The lowest BCUT2D eigenvalue weighted by molar-refractivity contribution is -0.123. The Labute approximate surface area is 147 Å². The molecule has 0 bridgehead atoms. The van der Waals surface area contributed by atoms with Gasteiger partial charge in [0.25, 0.3) is 5.91 Å². The fourth-order valence-electron chi connectivity index (χ4n) is 2.19. The van der Waals surface area contributed by atoms with Crippen molar-refractivity contribution in [3.05, 3.63) is 53.6 Å². The van der Waals surface area contributed by atoms with E-state index in [1.165, 1.54) is 11.8 Å². The SMILES string of the molecule is CCc1ccc(OCC(=O)NN=Cc2cccc(OC)c2OC)cc1. The Morgan fingerprint density at radius 2 is 1.88 bits per heavy atom. The number of methoxy groups -OCH3 is 2. The van der Waals surface area contributed by atoms with E-state index in [0.717, 1.165) is 6.42 Å². The standard InChI is InChI=1S/C19H22N2O4/c1-4-14-8-10-16(11-9-14)25-13-18(22)21-20-12-15-6-5-7-17(23-2)19(15)24-3/h5-12H,4,13H2,1-3H3,(H,21,22). The van der Waals surface area contributed by atoms with Crippen LogP contribution in [0.1, 0.15) is 18.1 Å². The van der Waals surface area contributed by atoms with Crippen LogP contribution in [-0.4, -0.2) is 32.9 Å². The molecule has 1 N–H and O–H groups in total. The van der Waals surface area contributed by atoms with Crippen LogP contribution in [0.2, 0.25) is 0 Å². The zero-order chi connectivity index (χ0) is 18.1. The second-order valence-electron chi connectivity index (χ2n) is 5.16. The van der Waals surface area contributed by atoms with Gasteiger partial charge in [-0.15, -0.1) is 0 Å². The lowest BCUT2D eigenvalue weighted by Gasteiger charge is -2.09.